The summed E-state index contributed by atoms with van der Waals surface area (Å²) < 4.78 is 2.10. The molecular weight excluding hydrogens is 212 g/mol. The van der Waals surface area contributed by atoms with Crippen molar-refractivity contribution in [3.8, 4) is 11.4 Å². The summed E-state index contributed by atoms with van der Waals surface area (Å²) in [6.45, 7) is 5.32. The van der Waals surface area contributed by atoms with Gasteiger partial charge in [0, 0.05) is 24.8 Å². The second kappa shape index (κ2) is 4.99. The molecule has 0 spiro atoms. The van der Waals surface area contributed by atoms with Gasteiger partial charge >= 0.3 is 0 Å². The van der Waals surface area contributed by atoms with Crippen molar-refractivity contribution < 1.29 is 0 Å². The summed E-state index contributed by atoms with van der Waals surface area (Å²) in [6.07, 6.45) is 1.79. The van der Waals surface area contributed by atoms with Crippen LogP contribution in [0.3, 0.4) is 0 Å². The fourth-order valence-corrected chi connectivity index (χ4v) is 1.79. The van der Waals surface area contributed by atoms with Gasteiger partial charge in [0.05, 0.1) is 0 Å². The molecule has 0 radical (unpaired) electrons. The van der Waals surface area contributed by atoms with E-state index >= 15 is 0 Å². The zero-order valence-corrected chi connectivity index (χ0v) is 10.5. The first-order valence-corrected chi connectivity index (χ1v) is 5.86. The summed E-state index contributed by atoms with van der Waals surface area (Å²) in [4.78, 5) is 0. The highest BCUT2D eigenvalue weighted by Crippen LogP contribution is 2.19. The highest BCUT2D eigenvalue weighted by atomic mass is 15.3. The van der Waals surface area contributed by atoms with Crippen LogP contribution in [0.15, 0.2) is 30.6 Å². The topological polar surface area (TPSA) is 42.7 Å². The zero-order valence-electron chi connectivity index (χ0n) is 10.5. The molecule has 4 heteroatoms. The molecule has 0 aliphatic carbocycles. The van der Waals surface area contributed by atoms with Gasteiger partial charge in [0.2, 0.25) is 0 Å². The molecule has 0 saturated heterocycles. The van der Waals surface area contributed by atoms with Crippen LogP contribution in [0.5, 0.6) is 0 Å². The molecular formula is C13H18N4. The molecule has 90 valence electrons. The highest BCUT2D eigenvalue weighted by molar-refractivity contribution is 5.59. The van der Waals surface area contributed by atoms with E-state index in [0.717, 1.165) is 23.6 Å². The Kier molecular flexibility index (Phi) is 3.42. The van der Waals surface area contributed by atoms with Crippen molar-refractivity contribution in [2.24, 2.45) is 5.92 Å². The summed E-state index contributed by atoms with van der Waals surface area (Å²) in [5.41, 5.74) is 2.20. The van der Waals surface area contributed by atoms with E-state index in [-0.39, 0.29) is 0 Å². The van der Waals surface area contributed by atoms with Gasteiger partial charge in [-0.05, 0) is 30.2 Å². The van der Waals surface area contributed by atoms with Gasteiger partial charge in [-0.3, -0.25) is 0 Å². The van der Waals surface area contributed by atoms with E-state index in [9.17, 15) is 0 Å². The van der Waals surface area contributed by atoms with Crippen LogP contribution in [0.1, 0.15) is 13.8 Å². The average Bonchev–Trinajstić information content (AvgIpc) is 2.76. The second-order valence-corrected chi connectivity index (χ2v) is 4.53. The Morgan fingerprint density at radius 3 is 2.53 bits per heavy atom. The first-order chi connectivity index (χ1) is 8.20. The zero-order chi connectivity index (χ0) is 12.3. The molecule has 0 amide bonds. The van der Waals surface area contributed by atoms with Gasteiger partial charge < -0.3 is 9.88 Å². The number of benzene rings is 1. The van der Waals surface area contributed by atoms with Crippen LogP contribution in [0, 0.1) is 5.92 Å². The van der Waals surface area contributed by atoms with E-state index < -0.39 is 0 Å². The van der Waals surface area contributed by atoms with Crippen LogP contribution in [0.4, 0.5) is 5.69 Å². The number of hydrogen-bond donors (Lipinski definition) is 1. The van der Waals surface area contributed by atoms with E-state index in [2.05, 4.69) is 46.1 Å². The largest absolute Gasteiger partial charge is 0.388 e. The SMILES string of the molecule is CNc1ccc(-c2nncn2CC(C)C)cc1. The average molecular weight is 230 g/mol. The molecule has 1 heterocycles. The normalized spacial score (nSPS) is 10.8. The number of hydrogen-bond acceptors (Lipinski definition) is 3. The number of nitrogens with one attached hydrogen (secondary N) is 1. The lowest BCUT2D eigenvalue weighted by atomic mass is 10.1. The molecule has 1 aromatic heterocycles. The molecule has 1 N–H and O–H groups in total. The molecule has 0 aliphatic heterocycles. The van der Waals surface area contributed by atoms with Gasteiger partial charge in [0.25, 0.3) is 0 Å². The molecule has 0 saturated carbocycles. The minimum Gasteiger partial charge on any atom is -0.388 e. The predicted molar refractivity (Wildman–Crippen MR) is 69.8 cm³/mol. The Bertz CT molecular complexity index is 470. The second-order valence-electron chi connectivity index (χ2n) is 4.53. The number of rotatable bonds is 4. The summed E-state index contributed by atoms with van der Waals surface area (Å²) in [5, 5.41) is 11.3. The molecule has 2 aromatic rings. The summed E-state index contributed by atoms with van der Waals surface area (Å²) in [5.74, 6) is 1.52. The van der Waals surface area contributed by atoms with Crippen molar-refractivity contribution in [3.05, 3.63) is 30.6 Å². The fraction of sp³-hybridized carbons (Fsp3) is 0.385. The number of anilines is 1. The minimum atomic E-state index is 0.585. The van der Waals surface area contributed by atoms with Crippen molar-refractivity contribution in [3.63, 3.8) is 0 Å². The van der Waals surface area contributed by atoms with Gasteiger partial charge in [0.1, 0.15) is 6.33 Å². The lowest BCUT2D eigenvalue weighted by Gasteiger charge is -2.09. The lowest BCUT2D eigenvalue weighted by Crippen LogP contribution is -2.05. The summed E-state index contributed by atoms with van der Waals surface area (Å²) >= 11 is 0. The van der Waals surface area contributed by atoms with Crippen LogP contribution < -0.4 is 5.32 Å². The molecule has 0 unspecified atom stereocenters. The maximum atomic E-state index is 4.19. The molecule has 0 aliphatic rings. The van der Waals surface area contributed by atoms with Gasteiger partial charge in [-0.1, -0.05) is 13.8 Å². The smallest absolute Gasteiger partial charge is 0.163 e. The molecule has 0 atom stereocenters. The summed E-state index contributed by atoms with van der Waals surface area (Å²) in [6, 6.07) is 8.22. The van der Waals surface area contributed by atoms with Crippen LogP contribution in [0.25, 0.3) is 11.4 Å². The Morgan fingerprint density at radius 2 is 1.94 bits per heavy atom. The number of aromatic nitrogens is 3. The van der Waals surface area contributed by atoms with Crippen LogP contribution >= 0.6 is 0 Å². The van der Waals surface area contributed by atoms with E-state index in [1.54, 1.807) is 6.33 Å². The molecule has 17 heavy (non-hydrogen) atoms. The van der Waals surface area contributed by atoms with E-state index in [0.29, 0.717) is 5.92 Å². The maximum absolute atomic E-state index is 4.19. The molecule has 0 fully saturated rings. The third kappa shape index (κ3) is 2.64. The third-order valence-corrected chi connectivity index (χ3v) is 2.61. The monoisotopic (exact) mass is 230 g/mol. The standard InChI is InChI=1S/C13H18N4/c1-10(2)8-17-9-15-16-13(17)11-4-6-12(14-3)7-5-11/h4-7,9-10,14H,8H2,1-3H3. The first-order valence-electron chi connectivity index (χ1n) is 5.86. The van der Waals surface area contributed by atoms with Gasteiger partial charge in [-0.2, -0.15) is 0 Å². The van der Waals surface area contributed by atoms with Gasteiger partial charge in [-0.15, -0.1) is 10.2 Å². The maximum Gasteiger partial charge on any atom is 0.163 e. The van der Waals surface area contributed by atoms with Crippen molar-refractivity contribution in [1.82, 2.24) is 14.8 Å². The molecule has 2 rings (SSSR count). The van der Waals surface area contributed by atoms with E-state index in [4.69, 9.17) is 0 Å². The Balaban J connectivity index is 2.29. The van der Waals surface area contributed by atoms with Crippen molar-refractivity contribution in [1.29, 1.82) is 0 Å². The van der Waals surface area contributed by atoms with Crippen molar-refractivity contribution >= 4 is 5.69 Å². The predicted octanol–water partition coefficient (Wildman–Crippen LogP) is 2.64. The van der Waals surface area contributed by atoms with Gasteiger partial charge in [0.15, 0.2) is 5.82 Å². The molecule has 0 bridgehead atoms. The van der Waals surface area contributed by atoms with Crippen LogP contribution in [0.2, 0.25) is 0 Å². The third-order valence-electron chi connectivity index (χ3n) is 2.61. The fourth-order valence-electron chi connectivity index (χ4n) is 1.79. The van der Waals surface area contributed by atoms with Crippen LogP contribution in [-0.4, -0.2) is 21.8 Å². The Morgan fingerprint density at radius 1 is 1.24 bits per heavy atom. The van der Waals surface area contributed by atoms with E-state index in [1.165, 1.54) is 0 Å². The quantitative estimate of drug-likeness (QED) is 0.878. The van der Waals surface area contributed by atoms with Crippen molar-refractivity contribution in [2.75, 3.05) is 12.4 Å². The van der Waals surface area contributed by atoms with Crippen LogP contribution in [-0.2, 0) is 6.54 Å². The Labute approximate surface area is 102 Å². The minimum absolute atomic E-state index is 0.585. The highest BCUT2D eigenvalue weighted by Gasteiger charge is 2.08. The molecule has 1 aromatic carbocycles. The lowest BCUT2D eigenvalue weighted by molar-refractivity contribution is 0.525. The summed E-state index contributed by atoms with van der Waals surface area (Å²) in [7, 11) is 1.91. The van der Waals surface area contributed by atoms with Crippen molar-refractivity contribution in [2.45, 2.75) is 20.4 Å². The number of nitrogens with zero attached hydrogens (tertiary/aromatic N) is 3. The molecule has 4 nitrogen and oxygen atoms in total. The van der Waals surface area contributed by atoms with E-state index in [1.807, 2.05) is 19.2 Å². The van der Waals surface area contributed by atoms with Gasteiger partial charge in [-0.25, -0.2) is 0 Å². The Hall–Kier alpha value is -1.84. The first kappa shape index (κ1) is 11.6.